The zero-order valence-electron chi connectivity index (χ0n) is 19.7. The third kappa shape index (κ3) is 4.96. The van der Waals surface area contributed by atoms with Crippen LogP contribution in [0.2, 0.25) is 0 Å². The summed E-state index contributed by atoms with van der Waals surface area (Å²) in [5.74, 6) is 0.915. The SMILES string of the molecule is COCC1(NC(=O)C23CCC(c4ccc(OCC(=CF)CN)cc4)(CC2)CC3)CCOCC1. The van der Waals surface area contributed by atoms with E-state index in [-0.39, 0.29) is 35.4 Å². The number of carbonyl (C=O) groups excluding carboxylic acids is 1. The quantitative estimate of drug-likeness (QED) is 0.586. The van der Waals surface area contributed by atoms with Gasteiger partial charge < -0.3 is 25.3 Å². The number of halogens is 1. The molecule has 3 N–H and O–H groups in total. The van der Waals surface area contributed by atoms with Crippen molar-refractivity contribution in [2.75, 3.05) is 40.1 Å². The maximum Gasteiger partial charge on any atom is 0.226 e. The number of rotatable bonds is 9. The van der Waals surface area contributed by atoms with Crippen molar-refractivity contribution in [2.45, 2.75) is 62.3 Å². The van der Waals surface area contributed by atoms with Crippen molar-refractivity contribution in [3.05, 3.63) is 41.7 Å². The van der Waals surface area contributed by atoms with Crippen LogP contribution in [0.3, 0.4) is 0 Å². The van der Waals surface area contributed by atoms with Crippen LogP contribution in [0.15, 0.2) is 36.2 Å². The average Bonchev–Trinajstić information content (AvgIpc) is 2.87. The van der Waals surface area contributed by atoms with Gasteiger partial charge in [0.1, 0.15) is 12.4 Å². The zero-order chi connectivity index (χ0) is 23.4. The van der Waals surface area contributed by atoms with Crippen LogP contribution in [0.4, 0.5) is 4.39 Å². The lowest BCUT2D eigenvalue weighted by Gasteiger charge is -2.53. The number of fused-ring (bicyclic) bond motifs is 3. The number of ether oxygens (including phenoxy) is 3. The number of amides is 1. The standard InChI is InChI=1S/C26H37FN2O4/c1-31-19-26(12-14-32-15-13-26)29-23(30)25-9-6-24(7-10-25,8-11-25)21-2-4-22(5-3-21)33-18-20(16-27)17-28/h2-5,16H,6-15,17-19,28H2,1H3,(H,29,30). The van der Waals surface area contributed by atoms with Gasteiger partial charge in [0.15, 0.2) is 0 Å². The van der Waals surface area contributed by atoms with Crippen LogP contribution in [0.5, 0.6) is 5.75 Å². The first kappa shape index (κ1) is 24.2. The molecule has 1 aliphatic heterocycles. The summed E-state index contributed by atoms with van der Waals surface area (Å²) in [6.45, 7) is 2.16. The molecule has 1 aromatic carbocycles. The lowest BCUT2D eigenvalue weighted by Crippen LogP contribution is -2.60. The van der Waals surface area contributed by atoms with Gasteiger partial charge in [-0.1, -0.05) is 12.1 Å². The van der Waals surface area contributed by atoms with Crippen molar-refractivity contribution < 1.29 is 23.4 Å². The molecule has 4 aliphatic rings. The second kappa shape index (κ2) is 10.1. The van der Waals surface area contributed by atoms with Crippen LogP contribution in [0.25, 0.3) is 0 Å². The molecule has 4 fully saturated rings. The lowest BCUT2D eigenvalue weighted by molar-refractivity contribution is -0.142. The molecule has 0 spiro atoms. The summed E-state index contributed by atoms with van der Waals surface area (Å²) in [5.41, 5.74) is 6.79. The Morgan fingerprint density at radius 2 is 1.73 bits per heavy atom. The van der Waals surface area contributed by atoms with E-state index in [9.17, 15) is 9.18 Å². The fourth-order valence-corrected chi connectivity index (χ4v) is 5.89. The molecule has 0 aromatic heterocycles. The van der Waals surface area contributed by atoms with Crippen molar-refractivity contribution in [3.63, 3.8) is 0 Å². The molecular formula is C26H37FN2O4. The molecule has 1 aromatic rings. The van der Waals surface area contributed by atoms with E-state index < -0.39 is 0 Å². The van der Waals surface area contributed by atoms with Gasteiger partial charge in [-0.15, -0.1) is 0 Å². The number of hydrogen-bond acceptors (Lipinski definition) is 5. The summed E-state index contributed by atoms with van der Waals surface area (Å²) < 4.78 is 29.3. The maximum absolute atomic E-state index is 13.5. The number of benzene rings is 1. The van der Waals surface area contributed by atoms with Gasteiger partial charge in [0, 0.05) is 37.9 Å². The van der Waals surface area contributed by atoms with Gasteiger partial charge in [0.05, 0.1) is 18.5 Å². The highest BCUT2D eigenvalue weighted by molar-refractivity contribution is 5.84. The molecule has 2 bridgehead atoms. The molecule has 0 atom stereocenters. The monoisotopic (exact) mass is 460 g/mol. The number of nitrogens with one attached hydrogen (secondary N) is 1. The van der Waals surface area contributed by atoms with Crippen LogP contribution in [-0.2, 0) is 19.7 Å². The third-order valence-corrected chi connectivity index (χ3v) is 8.28. The van der Waals surface area contributed by atoms with E-state index in [2.05, 4.69) is 17.4 Å². The molecule has 3 saturated carbocycles. The van der Waals surface area contributed by atoms with Gasteiger partial charge in [-0.25, -0.2) is 4.39 Å². The molecule has 33 heavy (non-hydrogen) atoms. The van der Waals surface area contributed by atoms with Crippen LogP contribution in [0, 0.1) is 5.41 Å². The molecule has 1 amide bonds. The van der Waals surface area contributed by atoms with Gasteiger partial charge in [-0.3, -0.25) is 4.79 Å². The van der Waals surface area contributed by atoms with Crippen LogP contribution in [0.1, 0.15) is 56.9 Å². The van der Waals surface area contributed by atoms with Crippen LogP contribution in [-0.4, -0.2) is 51.5 Å². The Morgan fingerprint density at radius 1 is 1.09 bits per heavy atom. The first-order chi connectivity index (χ1) is 16.0. The fraction of sp³-hybridized carbons (Fsp3) is 0.654. The van der Waals surface area contributed by atoms with E-state index in [4.69, 9.17) is 19.9 Å². The molecular weight excluding hydrogens is 423 g/mol. The number of carbonyl (C=O) groups is 1. The number of methoxy groups -OCH3 is 1. The van der Waals surface area contributed by atoms with Crippen molar-refractivity contribution in [2.24, 2.45) is 11.1 Å². The minimum Gasteiger partial charge on any atom is -0.489 e. The van der Waals surface area contributed by atoms with Crippen LogP contribution < -0.4 is 15.8 Å². The van der Waals surface area contributed by atoms with E-state index in [1.807, 2.05) is 12.1 Å². The minimum absolute atomic E-state index is 0.130. The average molecular weight is 461 g/mol. The normalized spacial score (nSPS) is 29.0. The summed E-state index contributed by atoms with van der Waals surface area (Å²) in [6, 6.07) is 8.17. The molecule has 182 valence electrons. The van der Waals surface area contributed by atoms with Gasteiger partial charge in [-0.2, -0.15) is 0 Å². The molecule has 5 rings (SSSR count). The Morgan fingerprint density at radius 3 is 2.27 bits per heavy atom. The van der Waals surface area contributed by atoms with Crippen molar-refractivity contribution in [3.8, 4) is 5.75 Å². The van der Waals surface area contributed by atoms with E-state index in [0.29, 0.717) is 37.5 Å². The Kier molecular flexibility index (Phi) is 7.41. The zero-order valence-corrected chi connectivity index (χ0v) is 19.7. The third-order valence-electron chi connectivity index (χ3n) is 8.28. The molecule has 6 nitrogen and oxygen atoms in total. The Labute approximate surface area is 196 Å². The highest BCUT2D eigenvalue weighted by Crippen LogP contribution is 2.58. The Bertz CT molecular complexity index is 818. The summed E-state index contributed by atoms with van der Waals surface area (Å²) >= 11 is 0. The van der Waals surface area contributed by atoms with Gasteiger partial charge in [0.2, 0.25) is 5.91 Å². The second-order valence-corrected chi connectivity index (χ2v) is 10.1. The van der Waals surface area contributed by atoms with Crippen LogP contribution >= 0.6 is 0 Å². The molecule has 0 radical (unpaired) electrons. The van der Waals surface area contributed by atoms with Gasteiger partial charge in [-0.05, 0) is 74.5 Å². The lowest BCUT2D eigenvalue weighted by atomic mass is 9.51. The molecule has 3 aliphatic carbocycles. The largest absolute Gasteiger partial charge is 0.489 e. The second-order valence-electron chi connectivity index (χ2n) is 10.1. The molecule has 1 saturated heterocycles. The first-order valence-corrected chi connectivity index (χ1v) is 12.1. The predicted octanol–water partition coefficient (Wildman–Crippen LogP) is 3.78. The van der Waals surface area contributed by atoms with Gasteiger partial charge >= 0.3 is 0 Å². The predicted molar refractivity (Wildman–Crippen MR) is 125 cm³/mol. The maximum atomic E-state index is 13.5. The van der Waals surface area contributed by atoms with Crippen molar-refractivity contribution in [1.29, 1.82) is 0 Å². The molecule has 0 unspecified atom stereocenters. The number of hydrogen-bond donors (Lipinski definition) is 2. The summed E-state index contributed by atoms with van der Waals surface area (Å²) in [4.78, 5) is 13.5. The van der Waals surface area contributed by atoms with E-state index in [1.165, 1.54) is 5.56 Å². The summed E-state index contributed by atoms with van der Waals surface area (Å²) in [7, 11) is 1.70. The van der Waals surface area contributed by atoms with Crippen molar-refractivity contribution >= 4 is 5.91 Å². The van der Waals surface area contributed by atoms with E-state index in [0.717, 1.165) is 51.4 Å². The Balaban J connectivity index is 1.39. The van der Waals surface area contributed by atoms with Crippen molar-refractivity contribution in [1.82, 2.24) is 5.32 Å². The molecule has 7 heteroatoms. The van der Waals surface area contributed by atoms with E-state index in [1.54, 1.807) is 7.11 Å². The Hall–Kier alpha value is -1.96. The van der Waals surface area contributed by atoms with Gasteiger partial charge in [0.25, 0.3) is 0 Å². The molecule has 1 heterocycles. The van der Waals surface area contributed by atoms with E-state index >= 15 is 0 Å². The summed E-state index contributed by atoms with van der Waals surface area (Å²) in [5, 5.41) is 3.41. The highest BCUT2D eigenvalue weighted by atomic mass is 19.1. The topological polar surface area (TPSA) is 82.8 Å². The summed E-state index contributed by atoms with van der Waals surface area (Å²) in [6.07, 6.45) is 7.91. The minimum atomic E-state index is -0.304. The smallest absolute Gasteiger partial charge is 0.226 e. The fourth-order valence-electron chi connectivity index (χ4n) is 5.89. The highest BCUT2D eigenvalue weighted by Gasteiger charge is 2.54. The number of nitrogens with two attached hydrogens (primary N) is 1. The first-order valence-electron chi connectivity index (χ1n) is 12.1.